The Hall–Kier alpha value is -2.60. The number of hydrogen-bond donors (Lipinski definition) is 1. The van der Waals surface area contributed by atoms with E-state index in [2.05, 4.69) is 61.8 Å². The predicted octanol–water partition coefficient (Wildman–Crippen LogP) is 2.80. The number of benzene rings is 1. The first-order valence-electron chi connectivity index (χ1n) is 10.1. The first-order valence-corrected chi connectivity index (χ1v) is 10.1. The number of piperidine rings is 1. The first kappa shape index (κ1) is 17.5. The third-order valence-electron chi connectivity index (χ3n) is 6.68. The number of nitrogens with one attached hydrogen (secondary N) is 1. The zero-order valence-corrected chi connectivity index (χ0v) is 16.6. The Labute approximate surface area is 165 Å². The molecule has 2 aliphatic heterocycles. The number of amides is 1. The van der Waals surface area contributed by atoms with Gasteiger partial charge in [0.05, 0.1) is 17.6 Å². The number of hydrogen-bond acceptors (Lipinski definition) is 3. The van der Waals surface area contributed by atoms with E-state index in [1.54, 1.807) is 13.3 Å². The standard InChI is InChI=1S/C22H27N5O/c1-16(28)27-10-6-19-21(24-15-23-19)22(27)7-11-26(12-8-22)14-17-3-4-20-18(13-17)5-9-25(20)2/h3-5,9,13,15H,6-8,10-12,14H2,1-2H3,(H,23,24). The molecule has 3 aromatic rings. The molecular formula is C22H27N5O. The van der Waals surface area contributed by atoms with Crippen molar-refractivity contribution in [2.24, 2.45) is 7.05 Å². The highest BCUT2D eigenvalue weighted by molar-refractivity contribution is 5.80. The molecule has 0 atom stereocenters. The molecule has 5 rings (SSSR count). The maximum absolute atomic E-state index is 12.4. The Kier molecular flexibility index (Phi) is 4.05. The van der Waals surface area contributed by atoms with E-state index in [9.17, 15) is 4.79 Å². The number of likely N-dealkylation sites (tertiary alicyclic amines) is 1. The normalized spacial score (nSPS) is 19.3. The van der Waals surface area contributed by atoms with Crippen molar-refractivity contribution in [2.75, 3.05) is 19.6 Å². The molecule has 1 amide bonds. The molecule has 0 unspecified atom stereocenters. The van der Waals surface area contributed by atoms with Gasteiger partial charge in [-0.1, -0.05) is 6.07 Å². The fourth-order valence-corrected chi connectivity index (χ4v) is 5.21. The minimum absolute atomic E-state index is 0.164. The number of rotatable bonds is 2. The molecule has 28 heavy (non-hydrogen) atoms. The van der Waals surface area contributed by atoms with Gasteiger partial charge in [-0.25, -0.2) is 4.98 Å². The number of fused-ring (bicyclic) bond motifs is 3. The second-order valence-corrected chi connectivity index (χ2v) is 8.28. The highest BCUT2D eigenvalue weighted by atomic mass is 16.2. The second kappa shape index (κ2) is 6.48. The molecular weight excluding hydrogens is 350 g/mol. The Morgan fingerprint density at radius 3 is 2.82 bits per heavy atom. The van der Waals surface area contributed by atoms with E-state index in [1.807, 2.05) is 0 Å². The van der Waals surface area contributed by atoms with Gasteiger partial charge in [-0.3, -0.25) is 9.69 Å². The lowest BCUT2D eigenvalue weighted by molar-refractivity contribution is -0.139. The molecule has 0 bridgehead atoms. The van der Waals surface area contributed by atoms with Gasteiger partial charge in [-0.15, -0.1) is 0 Å². The van der Waals surface area contributed by atoms with Gasteiger partial charge < -0.3 is 14.5 Å². The first-order chi connectivity index (χ1) is 13.6. The molecule has 2 aromatic heterocycles. The summed E-state index contributed by atoms with van der Waals surface area (Å²) in [4.78, 5) is 24.9. The molecule has 0 radical (unpaired) electrons. The number of aryl methyl sites for hydroxylation is 1. The third kappa shape index (κ3) is 2.66. The Morgan fingerprint density at radius 1 is 1.21 bits per heavy atom. The van der Waals surface area contributed by atoms with Crippen LogP contribution in [0.5, 0.6) is 0 Å². The average Bonchev–Trinajstić information content (AvgIpc) is 3.31. The average molecular weight is 377 g/mol. The van der Waals surface area contributed by atoms with Crippen molar-refractivity contribution in [2.45, 2.75) is 38.3 Å². The highest BCUT2D eigenvalue weighted by Gasteiger charge is 2.47. The van der Waals surface area contributed by atoms with Gasteiger partial charge in [-0.2, -0.15) is 0 Å². The molecule has 6 heteroatoms. The van der Waals surface area contributed by atoms with Crippen molar-refractivity contribution in [3.63, 3.8) is 0 Å². The number of aromatic amines is 1. The summed E-state index contributed by atoms with van der Waals surface area (Å²) in [6, 6.07) is 8.93. The van der Waals surface area contributed by atoms with Crippen LogP contribution in [0.3, 0.4) is 0 Å². The summed E-state index contributed by atoms with van der Waals surface area (Å²) in [7, 11) is 2.08. The van der Waals surface area contributed by atoms with Crippen LogP contribution in [0.1, 0.15) is 36.7 Å². The van der Waals surface area contributed by atoms with Gasteiger partial charge in [0.25, 0.3) is 0 Å². The minimum Gasteiger partial charge on any atom is -0.351 e. The van der Waals surface area contributed by atoms with Gasteiger partial charge >= 0.3 is 0 Å². The van der Waals surface area contributed by atoms with Crippen LogP contribution in [-0.2, 0) is 30.3 Å². The number of imidazole rings is 1. The molecule has 4 heterocycles. The van der Waals surface area contributed by atoms with Crippen molar-refractivity contribution in [1.82, 2.24) is 24.3 Å². The van der Waals surface area contributed by atoms with E-state index in [-0.39, 0.29) is 11.4 Å². The molecule has 2 aliphatic rings. The lowest BCUT2D eigenvalue weighted by atomic mass is 9.78. The van der Waals surface area contributed by atoms with Crippen molar-refractivity contribution >= 4 is 16.8 Å². The van der Waals surface area contributed by atoms with Crippen molar-refractivity contribution in [1.29, 1.82) is 0 Å². The van der Waals surface area contributed by atoms with E-state index in [4.69, 9.17) is 0 Å². The Balaban J connectivity index is 1.35. The van der Waals surface area contributed by atoms with Gasteiger partial charge in [-0.05, 0) is 42.0 Å². The molecule has 1 saturated heterocycles. The zero-order chi connectivity index (χ0) is 19.3. The van der Waals surface area contributed by atoms with Gasteiger partial charge in [0.2, 0.25) is 5.91 Å². The maximum atomic E-state index is 12.4. The minimum atomic E-state index is -0.237. The summed E-state index contributed by atoms with van der Waals surface area (Å²) in [6.07, 6.45) is 6.66. The largest absolute Gasteiger partial charge is 0.351 e. The lowest BCUT2D eigenvalue weighted by Crippen LogP contribution is -2.57. The van der Waals surface area contributed by atoms with Crippen molar-refractivity contribution in [3.05, 3.63) is 53.7 Å². The number of carbonyl (C=O) groups excluding carboxylic acids is 1. The van der Waals surface area contributed by atoms with E-state index in [0.717, 1.165) is 51.1 Å². The third-order valence-corrected chi connectivity index (χ3v) is 6.68. The van der Waals surface area contributed by atoms with Gasteiger partial charge in [0.15, 0.2) is 0 Å². The van der Waals surface area contributed by atoms with Crippen LogP contribution >= 0.6 is 0 Å². The summed E-state index contributed by atoms with van der Waals surface area (Å²) in [5, 5.41) is 1.30. The summed E-state index contributed by atoms with van der Waals surface area (Å²) in [6.45, 7) is 5.39. The summed E-state index contributed by atoms with van der Waals surface area (Å²) in [5.41, 5.74) is 4.69. The monoisotopic (exact) mass is 377 g/mol. The molecule has 6 nitrogen and oxygen atoms in total. The van der Waals surface area contributed by atoms with E-state index in [1.165, 1.54) is 22.2 Å². The Bertz CT molecular complexity index is 1020. The quantitative estimate of drug-likeness (QED) is 0.747. The van der Waals surface area contributed by atoms with Gasteiger partial charge in [0.1, 0.15) is 0 Å². The van der Waals surface area contributed by atoms with Crippen molar-refractivity contribution in [3.8, 4) is 0 Å². The summed E-state index contributed by atoms with van der Waals surface area (Å²) in [5.74, 6) is 0.164. The molecule has 0 aliphatic carbocycles. The molecule has 1 fully saturated rings. The van der Waals surface area contributed by atoms with Crippen LogP contribution in [0, 0.1) is 0 Å². The molecule has 146 valence electrons. The van der Waals surface area contributed by atoms with E-state index in [0.29, 0.717) is 0 Å². The molecule has 0 saturated carbocycles. The smallest absolute Gasteiger partial charge is 0.220 e. The predicted molar refractivity (Wildman–Crippen MR) is 109 cm³/mol. The van der Waals surface area contributed by atoms with Crippen LogP contribution in [0.15, 0.2) is 36.8 Å². The summed E-state index contributed by atoms with van der Waals surface area (Å²) >= 11 is 0. The maximum Gasteiger partial charge on any atom is 0.220 e. The zero-order valence-electron chi connectivity index (χ0n) is 16.6. The van der Waals surface area contributed by atoms with Gasteiger partial charge in [0, 0.05) is 64.0 Å². The fraction of sp³-hybridized carbons (Fsp3) is 0.455. The van der Waals surface area contributed by atoms with Crippen molar-refractivity contribution < 1.29 is 4.79 Å². The summed E-state index contributed by atoms with van der Waals surface area (Å²) < 4.78 is 2.16. The number of nitrogens with zero attached hydrogens (tertiary/aromatic N) is 4. The SMILES string of the molecule is CC(=O)N1CCc2[nH]cnc2C12CCN(Cc1ccc3c(ccn3C)c1)CC2. The Morgan fingerprint density at radius 2 is 2.04 bits per heavy atom. The second-order valence-electron chi connectivity index (χ2n) is 8.28. The molecule has 1 aromatic carbocycles. The van der Waals surface area contributed by atoms with Crippen LogP contribution in [0.4, 0.5) is 0 Å². The molecule has 1 spiro atoms. The van der Waals surface area contributed by atoms with E-state index < -0.39 is 0 Å². The fourth-order valence-electron chi connectivity index (χ4n) is 5.21. The number of aromatic nitrogens is 3. The van der Waals surface area contributed by atoms with E-state index >= 15 is 0 Å². The topological polar surface area (TPSA) is 57.2 Å². The highest BCUT2D eigenvalue weighted by Crippen LogP contribution is 2.42. The van der Waals surface area contributed by atoms with Crippen LogP contribution in [0.2, 0.25) is 0 Å². The number of H-pyrrole nitrogens is 1. The lowest BCUT2D eigenvalue weighted by Gasteiger charge is -2.50. The van der Waals surface area contributed by atoms with Crippen LogP contribution in [-0.4, -0.2) is 49.9 Å². The van der Waals surface area contributed by atoms with Crippen LogP contribution < -0.4 is 0 Å². The molecule has 1 N–H and O–H groups in total. The number of carbonyl (C=O) groups is 1. The van der Waals surface area contributed by atoms with Crippen LogP contribution in [0.25, 0.3) is 10.9 Å².